The number of ether oxygens (including phenoxy) is 1. The molecule has 2 aliphatic heterocycles. The number of hydrogen-bond donors (Lipinski definition) is 1. The third-order valence-electron chi connectivity index (χ3n) is 5.59. The quantitative estimate of drug-likeness (QED) is 0.844. The van der Waals surface area contributed by atoms with Crippen molar-refractivity contribution >= 4 is 0 Å². The molecular weight excluding hydrogens is 357 g/mol. The zero-order valence-corrected chi connectivity index (χ0v) is 16.0. The van der Waals surface area contributed by atoms with E-state index in [0.717, 1.165) is 25.7 Å². The summed E-state index contributed by atoms with van der Waals surface area (Å²) in [6.07, 6.45) is -3.98. The lowest BCUT2D eigenvalue weighted by Gasteiger charge is -2.37. The molecule has 0 unspecified atom stereocenters. The van der Waals surface area contributed by atoms with E-state index < -0.39 is 11.7 Å². The molecule has 7 heteroatoms. The van der Waals surface area contributed by atoms with Gasteiger partial charge < -0.3 is 9.84 Å². The van der Waals surface area contributed by atoms with Gasteiger partial charge in [0.05, 0.1) is 17.8 Å². The topological polar surface area (TPSA) is 35.9 Å². The second-order valence-corrected chi connectivity index (χ2v) is 8.03. The number of morpholine rings is 1. The maximum absolute atomic E-state index is 13.2. The van der Waals surface area contributed by atoms with Crippen molar-refractivity contribution in [3.05, 3.63) is 35.4 Å². The second kappa shape index (κ2) is 8.47. The lowest BCUT2D eigenvalue weighted by molar-refractivity contribution is -0.138. The molecule has 152 valence electrons. The van der Waals surface area contributed by atoms with Crippen LogP contribution in [0.5, 0.6) is 0 Å². The second-order valence-electron chi connectivity index (χ2n) is 8.03. The number of likely N-dealkylation sites (tertiary alicyclic amines) is 1. The molecule has 1 N–H and O–H groups in total. The van der Waals surface area contributed by atoms with Gasteiger partial charge in [-0.1, -0.05) is 18.2 Å². The van der Waals surface area contributed by atoms with Crippen LogP contribution < -0.4 is 0 Å². The molecule has 1 aromatic rings. The summed E-state index contributed by atoms with van der Waals surface area (Å²) in [5.41, 5.74) is -0.263. The molecule has 4 nitrogen and oxygen atoms in total. The molecule has 0 bridgehead atoms. The van der Waals surface area contributed by atoms with E-state index in [9.17, 15) is 18.3 Å². The Labute approximate surface area is 158 Å². The average Bonchev–Trinajstić information content (AvgIpc) is 2.94. The summed E-state index contributed by atoms with van der Waals surface area (Å²) >= 11 is 0. The summed E-state index contributed by atoms with van der Waals surface area (Å²) < 4.78 is 45.5. The fourth-order valence-electron chi connectivity index (χ4n) is 4.52. The Hall–Kier alpha value is -1.15. The van der Waals surface area contributed by atoms with E-state index in [0.29, 0.717) is 18.7 Å². The highest BCUT2D eigenvalue weighted by Gasteiger charge is 2.37. The summed E-state index contributed by atoms with van der Waals surface area (Å²) in [6, 6.07) is 5.77. The summed E-state index contributed by atoms with van der Waals surface area (Å²) in [5.74, 6) is 0.349. The van der Waals surface area contributed by atoms with Crippen molar-refractivity contribution in [3.63, 3.8) is 0 Å². The van der Waals surface area contributed by atoms with E-state index in [1.54, 1.807) is 12.1 Å². The van der Waals surface area contributed by atoms with Gasteiger partial charge in [-0.2, -0.15) is 13.2 Å². The van der Waals surface area contributed by atoms with Gasteiger partial charge in [0.2, 0.25) is 0 Å². The van der Waals surface area contributed by atoms with Crippen molar-refractivity contribution in [2.45, 2.75) is 38.8 Å². The van der Waals surface area contributed by atoms with Crippen molar-refractivity contribution in [3.8, 4) is 0 Å². The van der Waals surface area contributed by atoms with Crippen LogP contribution in [0.3, 0.4) is 0 Å². The molecule has 2 saturated heterocycles. The molecule has 2 aliphatic rings. The molecule has 0 radical (unpaired) electrons. The normalized spacial score (nSPS) is 30.7. The number of hydrogen-bond acceptors (Lipinski definition) is 4. The van der Waals surface area contributed by atoms with Gasteiger partial charge in [-0.25, -0.2) is 0 Å². The van der Waals surface area contributed by atoms with Gasteiger partial charge in [0.25, 0.3) is 0 Å². The van der Waals surface area contributed by atoms with Gasteiger partial charge in [-0.15, -0.1) is 0 Å². The molecule has 2 heterocycles. The molecule has 2 fully saturated rings. The molecule has 4 atom stereocenters. The molecule has 0 saturated carbocycles. The van der Waals surface area contributed by atoms with Crippen molar-refractivity contribution < 1.29 is 23.0 Å². The van der Waals surface area contributed by atoms with Gasteiger partial charge in [-0.05, 0) is 37.3 Å². The minimum Gasteiger partial charge on any atom is -0.396 e. The highest BCUT2D eigenvalue weighted by atomic mass is 19.4. The van der Waals surface area contributed by atoms with Gasteiger partial charge >= 0.3 is 6.18 Å². The Morgan fingerprint density at radius 3 is 2.26 bits per heavy atom. The predicted octanol–water partition coefficient (Wildman–Crippen LogP) is 2.85. The third kappa shape index (κ3) is 5.22. The van der Waals surface area contributed by atoms with Crippen LogP contribution in [0.25, 0.3) is 0 Å². The van der Waals surface area contributed by atoms with Gasteiger partial charge in [0.1, 0.15) is 0 Å². The van der Waals surface area contributed by atoms with Crippen LogP contribution in [-0.4, -0.2) is 66.4 Å². The zero-order chi connectivity index (χ0) is 19.6. The van der Waals surface area contributed by atoms with Crippen molar-refractivity contribution in [2.24, 2.45) is 11.8 Å². The summed E-state index contributed by atoms with van der Waals surface area (Å²) in [7, 11) is 0. The lowest BCUT2D eigenvalue weighted by Crippen LogP contribution is -2.48. The van der Waals surface area contributed by atoms with Crippen LogP contribution >= 0.6 is 0 Å². The first-order chi connectivity index (χ1) is 12.8. The smallest absolute Gasteiger partial charge is 0.396 e. The van der Waals surface area contributed by atoms with Gasteiger partial charge in [0.15, 0.2) is 0 Å². The van der Waals surface area contributed by atoms with Crippen LogP contribution in [-0.2, 0) is 17.5 Å². The van der Waals surface area contributed by atoms with E-state index in [4.69, 9.17) is 4.74 Å². The number of alkyl halides is 3. The summed E-state index contributed by atoms with van der Waals surface area (Å²) in [6.45, 7) is 8.34. The maximum Gasteiger partial charge on any atom is 0.416 e. The summed E-state index contributed by atoms with van der Waals surface area (Å²) in [5, 5.41) is 9.79. The van der Waals surface area contributed by atoms with E-state index in [2.05, 4.69) is 18.7 Å². The fraction of sp³-hybridized carbons (Fsp3) is 0.700. The van der Waals surface area contributed by atoms with E-state index in [1.165, 1.54) is 6.07 Å². The first-order valence-electron chi connectivity index (χ1n) is 9.62. The minimum atomic E-state index is -4.34. The highest BCUT2D eigenvalue weighted by molar-refractivity contribution is 5.29. The predicted molar refractivity (Wildman–Crippen MR) is 97.2 cm³/mol. The summed E-state index contributed by atoms with van der Waals surface area (Å²) in [4.78, 5) is 4.41. The lowest BCUT2D eigenvalue weighted by atomic mass is 9.96. The SMILES string of the molecule is C[C@@H]1CN(C[C@@H]2CN(Cc3ccccc3C(F)(F)F)C[C@@H]2CO)C[C@H](C)O1. The number of nitrogens with zero attached hydrogens (tertiary/aromatic N) is 2. The van der Waals surface area contributed by atoms with E-state index >= 15 is 0 Å². The third-order valence-corrected chi connectivity index (χ3v) is 5.59. The van der Waals surface area contributed by atoms with Gasteiger partial charge in [0, 0.05) is 45.9 Å². The van der Waals surface area contributed by atoms with Crippen LogP contribution in [0.1, 0.15) is 25.0 Å². The number of aliphatic hydroxyl groups excluding tert-OH is 1. The molecule has 27 heavy (non-hydrogen) atoms. The van der Waals surface area contributed by atoms with Gasteiger partial charge in [-0.3, -0.25) is 9.80 Å². The standard InChI is InChI=1S/C20H29F3N2O2/c1-14-7-24(8-15(2)27-14)10-17-11-25(12-18(17)13-26)9-16-5-3-4-6-19(16)20(21,22)23/h3-6,14-15,17-18,26H,7-13H2,1-2H3/t14-,15+,17-,18-/m1/s1. The molecule has 0 amide bonds. The molecule has 0 aliphatic carbocycles. The van der Waals surface area contributed by atoms with E-state index in [1.807, 2.05) is 4.90 Å². The fourth-order valence-corrected chi connectivity index (χ4v) is 4.52. The Morgan fingerprint density at radius 2 is 1.63 bits per heavy atom. The van der Waals surface area contributed by atoms with Crippen molar-refractivity contribution in [1.82, 2.24) is 9.80 Å². The monoisotopic (exact) mass is 386 g/mol. The molecule has 0 spiro atoms. The Morgan fingerprint density at radius 1 is 1.00 bits per heavy atom. The maximum atomic E-state index is 13.2. The van der Waals surface area contributed by atoms with Crippen LogP contribution in [0.15, 0.2) is 24.3 Å². The largest absolute Gasteiger partial charge is 0.416 e. The Bertz CT molecular complexity index is 615. The first-order valence-corrected chi connectivity index (χ1v) is 9.62. The van der Waals surface area contributed by atoms with Crippen LogP contribution in [0.2, 0.25) is 0 Å². The first kappa shape index (κ1) is 20.6. The Kier molecular flexibility index (Phi) is 6.46. The van der Waals surface area contributed by atoms with Crippen molar-refractivity contribution in [1.29, 1.82) is 0 Å². The number of halogens is 3. The average molecular weight is 386 g/mol. The molecular formula is C20H29F3N2O2. The molecule has 0 aromatic heterocycles. The Balaban J connectivity index is 1.65. The number of benzene rings is 1. The number of rotatable bonds is 5. The molecule has 1 aromatic carbocycles. The van der Waals surface area contributed by atoms with Crippen molar-refractivity contribution in [2.75, 3.05) is 39.3 Å². The zero-order valence-electron chi connectivity index (χ0n) is 16.0. The molecule has 3 rings (SSSR count). The number of aliphatic hydroxyl groups is 1. The van der Waals surface area contributed by atoms with E-state index in [-0.39, 0.29) is 37.2 Å². The highest BCUT2D eigenvalue weighted by Crippen LogP contribution is 2.34. The van der Waals surface area contributed by atoms with Crippen LogP contribution in [0, 0.1) is 11.8 Å². The van der Waals surface area contributed by atoms with Crippen LogP contribution in [0.4, 0.5) is 13.2 Å². The minimum absolute atomic E-state index is 0.0670.